The molecule has 2 aliphatic rings. The van der Waals surface area contributed by atoms with E-state index in [-0.39, 0.29) is 36.8 Å². The maximum absolute atomic E-state index is 12.0. The minimum Gasteiger partial charge on any atom is -0.480 e. The Labute approximate surface area is 104 Å². The number of amides is 2. The molecule has 0 unspecified atom stereocenters. The van der Waals surface area contributed by atoms with Crippen LogP contribution in [0.3, 0.4) is 0 Å². The van der Waals surface area contributed by atoms with Crippen LogP contribution >= 0.6 is 0 Å². The van der Waals surface area contributed by atoms with Crippen molar-refractivity contribution >= 4 is 17.8 Å². The molecule has 1 aliphatic carbocycles. The molecule has 0 aromatic rings. The topological polar surface area (TPSA) is 83.9 Å². The molecular weight excluding hydrogens is 238 g/mol. The molecule has 0 aromatic heterocycles. The number of allylic oxidation sites excluding steroid dienone is 2. The summed E-state index contributed by atoms with van der Waals surface area (Å²) in [5.74, 6) is -1.85. The SMILES string of the molecule is O=C(O)COCCN1C(=O)[C@H]2CC=CC[C@H]2C1=O. The molecule has 0 aromatic carbocycles. The lowest BCUT2D eigenvalue weighted by atomic mass is 9.85. The maximum atomic E-state index is 12.0. The first-order valence-corrected chi connectivity index (χ1v) is 5.91. The van der Waals surface area contributed by atoms with Crippen molar-refractivity contribution in [2.75, 3.05) is 19.8 Å². The molecule has 0 spiro atoms. The van der Waals surface area contributed by atoms with Gasteiger partial charge in [0.2, 0.25) is 11.8 Å². The van der Waals surface area contributed by atoms with Crippen LogP contribution in [0.5, 0.6) is 0 Å². The molecule has 1 saturated heterocycles. The highest BCUT2D eigenvalue weighted by Gasteiger charge is 2.46. The molecule has 1 fully saturated rings. The molecule has 0 radical (unpaired) electrons. The van der Waals surface area contributed by atoms with E-state index in [4.69, 9.17) is 9.84 Å². The van der Waals surface area contributed by atoms with E-state index in [0.29, 0.717) is 12.8 Å². The van der Waals surface area contributed by atoms with E-state index in [0.717, 1.165) is 0 Å². The number of imide groups is 1. The second kappa shape index (κ2) is 5.30. The zero-order valence-electron chi connectivity index (χ0n) is 9.87. The van der Waals surface area contributed by atoms with Gasteiger partial charge in [0.15, 0.2) is 0 Å². The van der Waals surface area contributed by atoms with E-state index in [1.54, 1.807) is 0 Å². The summed E-state index contributed by atoms with van der Waals surface area (Å²) < 4.78 is 4.85. The number of hydrogen-bond donors (Lipinski definition) is 1. The molecule has 1 aliphatic heterocycles. The average molecular weight is 253 g/mol. The van der Waals surface area contributed by atoms with E-state index in [2.05, 4.69) is 0 Å². The Balaban J connectivity index is 1.88. The van der Waals surface area contributed by atoms with Crippen molar-refractivity contribution in [2.24, 2.45) is 11.8 Å². The van der Waals surface area contributed by atoms with Crippen molar-refractivity contribution < 1.29 is 24.2 Å². The van der Waals surface area contributed by atoms with Gasteiger partial charge in [-0.3, -0.25) is 14.5 Å². The van der Waals surface area contributed by atoms with Gasteiger partial charge in [0.1, 0.15) is 6.61 Å². The van der Waals surface area contributed by atoms with Crippen LogP contribution in [0.4, 0.5) is 0 Å². The summed E-state index contributed by atoms with van der Waals surface area (Å²) in [7, 11) is 0. The fourth-order valence-electron chi connectivity index (χ4n) is 2.40. The van der Waals surface area contributed by atoms with E-state index >= 15 is 0 Å². The van der Waals surface area contributed by atoms with Crippen molar-refractivity contribution in [2.45, 2.75) is 12.8 Å². The minimum absolute atomic E-state index is 0.0661. The van der Waals surface area contributed by atoms with E-state index < -0.39 is 12.6 Å². The molecule has 0 saturated carbocycles. The van der Waals surface area contributed by atoms with Gasteiger partial charge >= 0.3 is 5.97 Å². The van der Waals surface area contributed by atoms with Crippen LogP contribution in [-0.2, 0) is 19.1 Å². The standard InChI is InChI=1S/C12H15NO5/c14-10(15)7-18-6-5-13-11(16)8-3-1-2-4-9(8)12(13)17/h1-2,8-9H,3-7H2,(H,14,15)/t8-,9+. The number of hydrogen-bond acceptors (Lipinski definition) is 4. The second-order valence-electron chi connectivity index (χ2n) is 4.43. The number of aliphatic carboxylic acids is 1. The summed E-state index contributed by atoms with van der Waals surface area (Å²) in [4.78, 5) is 35.4. The van der Waals surface area contributed by atoms with Gasteiger partial charge in [0.05, 0.1) is 25.0 Å². The summed E-state index contributed by atoms with van der Waals surface area (Å²) in [6, 6.07) is 0. The summed E-state index contributed by atoms with van der Waals surface area (Å²) in [5.41, 5.74) is 0. The minimum atomic E-state index is -1.06. The zero-order chi connectivity index (χ0) is 13.1. The van der Waals surface area contributed by atoms with Gasteiger partial charge in [-0.05, 0) is 12.8 Å². The van der Waals surface area contributed by atoms with Gasteiger partial charge in [0.25, 0.3) is 0 Å². The van der Waals surface area contributed by atoms with Gasteiger partial charge < -0.3 is 9.84 Å². The van der Waals surface area contributed by atoms with Crippen LogP contribution in [0.2, 0.25) is 0 Å². The smallest absolute Gasteiger partial charge is 0.329 e. The first-order chi connectivity index (χ1) is 8.61. The molecule has 1 N–H and O–H groups in total. The van der Waals surface area contributed by atoms with Crippen molar-refractivity contribution in [1.29, 1.82) is 0 Å². The van der Waals surface area contributed by atoms with E-state index in [1.807, 2.05) is 12.2 Å². The fraction of sp³-hybridized carbons (Fsp3) is 0.583. The number of carboxylic acids is 1. The first-order valence-electron chi connectivity index (χ1n) is 5.91. The number of rotatable bonds is 5. The van der Waals surface area contributed by atoms with Crippen molar-refractivity contribution in [3.05, 3.63) is 12.2 Å². The number of nitrogens with zero attached hydrogens (tertiary/aromatic N) is 1. The third-order valence-electron chi connectivity index (χ3n) is 3.28. The summed E-state index contributed by atoms with van der Waals surface area (Å²) in [6.45, 7) is -0.209. The molecule has 18 heavy (non-hydrogen) atoms. The third kappa shape index (κ3) is 2.43. The zero-order valence-corrected chi connectivity index (χ0v) is 9.87. The summed E-state index contributed by atoms with van der Waals surface area (Å²) in [6.07, 6.45) is 5.08. The van der Waals surface area contributed by atoms with Gasteiger partial charge in [-0.25, -0.2) is 4.79 Å². The average Bonchev–Trinajstić information content (AvgIpc) is 2.59. The van der Waals surface area contributed by atoms with Gasteiger partial charge in [-0.15, -0.1) is 0 Å². The number of carboxylic acid groups (broad SMARTS) is 1. The Kier molecular flexibility index (Phi) is 3.76. The predicted octanol–water partition coefficient (Wildman–Crippen LogP) is 0.0388. The van der Waals surface area contributed by atoms with Crippen LogP contribution in [0.15, 0.2) is 12.2 Å². The number of carbonyl (C=O) groups is 3. The number of fused-ring (bicyclic) bond motifs is 1. The predicted molar refractivity (Wildman–Crippen MR) is 60.5 cm³/mol. The first kappa shape index (κ1) is 12.8. The lowest BCUT2D eigenvalue weighted by molar-refractivity contribution is -0.143. The highest BCUT2D eigenvalue weighted by atomic mass is 16.5. The van der Waals surface area contributed by atoms with Gasteiger partial charge in [-0.1, -0.05) is 12.2 Å². The van der Waals surface area contributed by atoms with Gasteiger partial charge in [0, 0.05) is 0 Å². The molecular formula is C12H15NO5. The van der Waals surface area contributed by atoms with Crippen LogP contribution in [-0.4, -0.2) is 47.5 Å². The highest BCUT2D eigenvalue weighted by molar-refractivity contribution is 6.05. The van der Waals surface area contributed by atoms with Crippen molar-refractivity contribution in [3.8, 4) is 0 Å². The Hall–Kier alpha value is -1.69. The van der Waals surface area contributed by atoms with E-state index in [1.165, 1.54) is 4.90 Å². The molecule has 1 heterocycles. The third-order valence-corrected chi connectivity index (χ3v) is 3.28. The van der Waals surface area contributed by atoms with Crippen LogP contribution in [0, 0.1) is 11.8 Å². The largest absolute Gasteiger partial charge is 0.480 e. The Morgan fingerprint density at radius 1 is 1.28 bits per heavy atom. The summed E-state index contributed by atoms with van der Waals surface area (Å²) in [5, 5.41) is 8.40. The van der Waals surface area contributed by atoms with Crippen molar-refractivity contribution in [3.63, 3.8) is 0 Å². The number of ether oxygens (including phenoxy) is 1. The second-order valence-corrected chi connectivity index (χ2v) is 4.43. The van der Waals surface area contributed by atoms with Crippen LogP contribution in [0.25, 0.3) is 0 Å². The molecule has 2 rings (SSSR count). The molecule has 2 amide bonds. The van der Waals surface area contributed by atoms with Gasteiger partial charge in [-0.2, -0.15) is 0 Å². The van der Waals surface area contributed by atoms with Crippen LogP contribution < -0.4 is 0 Å². The molecule has 6 nitrogen and oxygen atoms in total. The maximum Gasteiger partial charge on any atom is 0.329 e. The lowest BCUT2D eigenvalue weighted by Crippen LogP contribution is -2.34. The monoisotopic (exact) mass is 253 g/mol. The van der Waals surface area contributed by atoms with Crippen LogP contribution in [0.1, 0.15) is 12.8 Å². The fourth-order valence-corrected chi connectivity index (χ4v) is 2.40. The Bertz CT molecular complexity index is 377. The molecule has 6 heteroatoms. The Morgan fingerprint density at radius 3 is 2.33 bits per heavy atom. The highest BCUT2D eigenvalue weighted by Crippen LogP contribution is 2.34. The quantitative estimate of drug-likeness (QED) is 0.425. The van der Waals surface area contributed by atoms with E-state index in [9.17, 15) is 14.4 Å². The lowest BCUT2D eigenvalue weighted by Gasteiger charge is -2.14. The number of likely N-dealkylation sites (tertiary alicyclic amines) is 1. The Morgan fingerprint density at radius 2 is 1.83 bits per heavy atom. The normalized spacial score (nSPS) is 26.6. The molecule has 0 bridgehead atoms. The molecule has 2 atom stereocenters. The van der Waals surface area contributed by atoms with Crippen molar-refractivity contribution in [1.82, 2.24) is 4.90 Å². The molecule has 98 valence electrons. The summed E-state index contributed by atoms with van der Waals surface area (Å²) >= 11 is 0. The number of carbonyl (C=O) groups excluding carboxylic acids is 2.